The zero-order chi connectivity index (χ0) is 28.1. The molecule has 2 fully saturated rings. The van der Waals surface area contributed by atoms with Crippen LogP contribution in [0, 0.1) is 5.41 Å². The molecule has 1 amide bonds. The zero-order valence-corrected chi connectivity index (χ0v) is 23.6. The molecular weight excluding hydrogens is 510 g/mol. The molecule has 1 saturated carbocycles. The highest BCUT2D eigenvalue weighted by atomic mass is 16.6. The Kier molecular flexibility index (Phi) is 6.44. The van der Waals surface area contributed by atoms with Crippen molar-refractivity contribution < 1.29 is 14.3 Å². The molecule has 0 radical (unpaired) electrons. The smallest absolute Gasteiger partial charge is 0.410 e. The van der Waals surface area contributed by atoms with E-state index < -0.39 is 5.60 Å². The van der Waals surface area contributed by atoms with Gasteiger partial charge in [-0.2, -0.15) is 15.1 Å². The fourth-order valence-electron chi connectivity index (χ4n) is 5.65. The minimum Gasteiger partial charge on any atom is -0.444 e. The fourth-order valence-corrected chi connectivity index (χ4v) is 5.65. The van der Waals surface area contributed by atoms with Crippen LogP contribution >= 0.6 is 0 Å². The van der Waals surface area contributed by atoms with Gasteiger partial charge in [0.15, 0.2) is 17.0 Å². The van der Waals surface area contributed by atoms with Crippen molar-refractivity contribution in [3.05, 3.63) is 42.5 Å². The SMILES string of the molecule is COCCNc1nc(-n2ccc(C3CC4(C3)CN(C(=O)OC(C)(C)C)C4)n2)nc2c1nc(-c1ccncc1)n2C. The van der Waals surface area contributed by atoms with E-state index in [1.54, 1.807) is 29.1 Å². The Morgan fingerprint density at radius 1 is 1.12 bits per heavy atom. The molecule has 1 spiro atoms. The first kappa shape index (κ1) is 26.2. The summed E-state index contributed by atoms with van der Waals surface area (Å²) in [5.41, 5.74) is 3.05. The minimum absolute atomic E-state index is 0.178. The Labute approximate surface area is 232 Å². The van der Waals surface area contributed by atoms with Crippen LogP contribution in [0.25, 0.3) is 28.5 Å². The van der Waals surface area contributed by atoms with Crippen LogP contribution < -0.4 is 5.32 Å². The number of anilines is 1. The Hall–Kier alpha value is -4.06. The standard InChI is InChI=1S/C28H35N9O3/c1-27(2,3)40-26(38)36-16-28(17-36)14-19(15-28)20-8-12-37(34-20)25-32-22(30-11-13-39-5)21-24(33-25)35(4)23(31-21)18-6-9-29-10-7-18/h6-10,12,19H,11,13-17H2,1-5H3,(H,30,32,33). The molecule has 0 aromatic carbocycles. The van der Waals surface area contributed by atoms with Crippen LogP contribution in [0.3, 0.4) is 0 Å². The third kappa shape index (κ3) is 4.87. The van der Waals surface area contributed by atoms with E-state index in [0.717, 1.165) is 43.0 Å². The molecule has 210 valence electrons. The molecule has 1 aliphatic carbocycles. The van der Waals surface area contributed by atoms with Crippen molar-refractivity contribution in [2.75, 3.05) is 38.7 Å². The van der Waals surface area contributed by atoms with Crippen molar-refractivity contribution in [1.29, 1.82) is 0 Å². The second kappa shape index (κ2) is 9.84. The van der Waals surface area contributed by atoms with Gasteiger partial charge in [-0.1, -0.05) is 0 Å². The van der Waals surface area contributed by atoms with E-state index >= 15 is 0 Å². The van der Waals surface area contributed by atoms with Crippen LogP contribution in [-0.2, 0) is 16.5 Å². The summed E-state index contributed by atoms with van der Waals surface area (Å²) in [6.07, 6.45) is 7.19. The molecule has 4 aromatic heterocycles. The van der Waals surface area contributed by atoms with E-state index in [-0.39, 0.29) is 11.5 Å². The number of carbonyl (C=O) groups is 1. The summed E-state index contributed by atoms with van der Waals surface area (Å²) in [6.45, 7) is 8.29. The van der Waals surface area contributed by atoms with E-state index in [9.17, 15) is 4.79 Å². The maximum atomic E-state index is 12.3. The molecule has 1 N–H and O–H groups in total. The monoisotopic (exact) mass is 545 g/mol. The summed E-state index contributed by atoms with van der Waals surface area (Å²) in [4.78, 5) is 32.8. The number of rotatable bonds is 7. The van der Waals surface area contributed by atoms with Gasteiger partial charge in [0.25, 0.3) is 5.95 Å². The predicted molar refractivity (Wildman–Crippen MR) is 149 cm³/mol. The van der Waals surface area contributed by atoms with Crippen LogP contribution in [0.15, 0.2) is 36.8 Å². The number of pyridine rings is 1. The lowest BCUT2D eigenvalue weighted by Gasteiger charge is -2.58. The highest BCUT2D eigenvalue weighted by Gasteiger charge is 2.55. The largest absolute Gasteiger partial charge is 0.444 e. The molecule has 0 unspecified atom stereocenters. The number of aryl methyl sites for hydroxylation is 1. The summed E-state index contributed by atoms with van der Waals surface area (Å²) in [5, 5.41) is 8.21. The van der Waals surface area contributed by atoms with E-state index in [1.807, 2.05) is 56.8 Å². The van der Waals surface area contributed by atoms with Gasteiger partial charge < -0.3 is 24.3 Å². The summed E-state index contributed by atoms with van der Waals surface area (Å²) in [5.74, 6) is 2.22. The van der Waals surface area contributed by atoms with Crippen LogP contribution in [0.4, 0.5) is 10.6 Å². The van der Waals surface area contributed by atoms with Crippen LogP contribution in [0.1, 0.15) is 45.2 Å². The van der Waals surface area contributed by atoms with Gasteiger partial charge in [-0.05, 0) is 51.8 Å². The number of likely N-dealkylation sites (tertiary alicyclic amines) is 1. The number of carbonyl (C=O) groups excluding carboxylic acids is 1. The number of imidazole rings is 1. The van der Waals surface area contributed by atoms with Crippen molar-refractivity contribution in [2.45, 2.75) is 45.1 Å². The number of amides is 1. The molecule has 0 bridgehead atoms. The van der Waals surface area contributed by atoms with Gasteiger partial charge in [0.2, 0.25) is 0 Å². The van der Waals surface area contributed by atoms with Gasteiger partial charge in [-0.25, -0.2) is 14.5 Å². The van der Waals surface area contributed by atoms with Crippen molar-refractivity contribution >= 4 is 23.1 Å². The highest BCUT2D eigenvalue weighted by molar-refractivity contribution is 5.87. The Morgan fingerprint density at radius 2 is 1.88 bits per heavy atom. The number of nitrogens with one attached hydrogen (secondary N) is 1. The van der Waals surface area contributed by atoms with Crippen molar-refractivity contribution in [1.82, 2.24) is 39.2 Å². The normalized spacial score (nSPS) is 16.7. The zero-order valence-electron chi connectivity index (χ0n) is 23.6. The fraction of sp³-hybridized carbons (Fsp3) is 0.500. The molecule has 4 aromatic rings. The van der Waals surface area contributed by atoms with Gasteiger partial charge in [-0.3, -0.25) is 4.98 Å². The lowest BCUT2D eigenvalue weighted by Crippen LogP contribution is -2.63. The molecule has 2 aliphatic rings. The molecule has 1 saturated heterocycles. The minimum atomic E-state index is -0.477. The summed E-state index contributed by atoms with van der Waals surface area (Å²) in [7, 11) is 3.61. The van der Waals surface area contributed by atoms with Crippen molar-refractivity contribution in [3.8, 4) is 17.3 Å². The van der Waals surface area contributed by atoms with Crippen molar-refractivity contribution in [3.63, 3.8) is 0 Å². The summed E-state index contributed by atoms with van der Waals surface area (Å²) >= 11 is 0. The van der Waals surface area contributed by atoms with Crippen molar-refractivity contribution in [2.24, 2.45) is 12.5 Å². The number of aromatic nitrogens is 7. The van der Waals surface area contributed by atoms with E-state index in [2.05, 4.69) is 10.3 Å². The average molecular weight is 546 g/mol. The predicted octanol–water partition coefficient (Wildman–Crippen LogP) is 3.78. The Morgan fingerprint density at radius 3 is 2.58 bits per heavy atom. The maximum Gasteiger partial charge on any atom is 0.410 e. The molecule has 0 atom stereocenters. The third-order valence-corrected chi connectivity index (χ3v) is 7.54. The number of hydrogen-bond acceptors (Lipinski definition) is 9. The van der Waals surface area contributed by atoms with E-state index in [0.29, 0.717) is 42.0 Å². The molecule has 1 aliphatic heterocycles. The quantitative estimate of drug-likeness (QED) is 0.345. The van der Waals surface area contributed by atoms with Gasteiger partial charge in [0, 0.05) is 69.3 Å². The molecule has 6 rings (SSSR count). The van der Waals surface area contributed by atoms with Gasteiger partial charge in [-0.15, -0.1) is 0 Å². The Balaban J connectivity index is 1.21. The topological polar surface area (TPSA) is 125 Å². The average Bonchev–Trinajstić information content (AvgIpc) is 3.47. The molecule has 5 heterocycles. The van der Waals surface area contributed by atoms with Crippen LogP contribution in [0.5, 0.6) is 0 Å². The van der Waals surface area contributed by atoms with Crippen LogP contribution in [0.2, 0.25) is 0 Å². The summed E-state index contributed by atoms with van der Waals surface area (Å²) in [6, 6.07) is 5.89. The second-order valence-corrected chi connectivity index (χ2v) is 11.8. The number of fused-ring (bicyclic) bond motifs is 1. The van der Waals surface area contributed by atoms with Crippen LogP contribution in [-0.4, -0.2) is 84.2 Å². The molecule has 40 heavy (non-hydrogen) atoms. The molecule has 12 nitrogen and oxygen atoms in total. The molecule has 12 heteroatoms. The van der Waals surface area contributed by atoms with Gasteiger partial charge in [0.1, 0.15) is 11.4 Å². The lowest BCUT2D eigenvalue weighted by atomic mass is 9.57. The number of hydrogen-bond donors (Lipinski definition) is 1. The number of ether oxygens (including phenoxy) is 2. The first-order valence-electron chi connectivity index (χ1n) is 13.6. The summed E-state index contributed by atoms with van der Waals surface area (Å²) < 4.78 is 14.4. The van der Waals surface area contributed by atoms with Gasteiger partial charge >= 0.3 is 6.09 Å². The molecular formula is C28H35N9O3. The first-order chi connectivity index (χ1) is 19.1. The Bertz CT molecular complexity index is 1530. The number of nitrogens with zero attached hydrogens (tertiary/aromatic N) is 8. The third-order valence-electron chi connectivity index (χ3n) is 7.54. The lowest BCUT2D eigenvalue weighted by molar-refractivity contribution is -0.0792. The first-order valence-corrected chi connectivity index (χ1v) is 13.6. The van der Waals surface area contributed by atoms with E-state index in [1.165, 1.54) is 0 Å². The number of methoxy groups -OCH3 is 1. The second-order valence-electron chi connectivity index (χ2n) is 11.8. The maximum absolute atomic E-state index is 12.3. The van der Waals surface area contributed by atoms with Gasteiger partial charge in [0.05, 0.1) is 12.3 Å². The van der Waals surface area contributed by atoms with E-state index in [4.69, 9.17) is 29.5 Å². The highest BCUT2D eigenvalue weighted by Crippen LogP contribution is 2.55.